The van der Waals surface area contributed by atoms with Crippen molar-refractivity contribution < 1.29 is 23.1 Å². The zero-order valence-corrected chi connectivity index (χ0v) is 11.6. The molecule has 1 N–H and O–H groups in total. The summed E-state index contributed by atoms with van der Waals surface area (Å²) in [5, 5.41) is 2.60. The maximum absolute atomic E-state index is 12.9. The highest BCUT2D eigenvalue weighted by atomic mass is 19.3. The molecule has 0 saturated heterocycles. The number of amides is 1. The minimum atomic E-state index is -2.63. The zero-order valence-electron chi connectivity index (χ0n) is 11.6. The normalized spacial score (nSPS) is 21.1. The second-order valence-electron chi connectivity index (χ2n) is 5.17. The highest BCUT2D eigenvalue weighted by Crippen LogP contribution is 2.46. The van der Waals surface area contributed by atoms with E-state index in [0.717, 1.165) is 0 Å². The fraction of sp³-hybridized carbons (Fsp3) is 0.846. The summed E-state index contributed by atoms with van der Waals surface area (Å²) in [5.74, 6) is -3.79. The Hall–Kier alpha value is -1.20. The summed E-state index contributed by atoms with van der Waals surface area (Å²) in [7, 11) is 0. The van der Waals surface area contributed by atoms with E-state index in [2.05, 4.69) is 5.32 Å². The summed E-state index contributed by atoms with van der Waals surface area (Å²) < 4.78 is 30.7. The van der Waals surface area contributed by atoms with Crippen LogP contribution in [0.3, 0.4) is 0 Å². The maximum atomic E-state index is 12.9. The number of carbonyl (C=O) groups is 2. The lowest BCUT2D eigenvalue weighted by Gasteiger charge is -2.41. The molecule has 1 amide bonds. The Morgan fingerprint density at radius 1 is 1.37 bits per heavy atom. The summed E-state index contributed by atoms with van der Waals surface area (Å²) >= 11 is 0. The van der Waals surface area contributed by atoms with Crippen LogP contribution in [0, 0.1) is 5.92 Å². The van der Waals surface area contributed by atoms with E-state index in [4.69, 9.17) is 4.74 Å². The largest absolute Gasteiger partial charge is 0.464 e. The summed E-state index contributed by atoms with van der Waals surface area (Å²) in [4.78, 5) is 23.3. The van der Waals surface area contributed by atoms with Gasteiger partial charge in [-0.05, 0) is 25.7 Å². The van der Waals surface area contributed by atoms with Gasteiger partial charge >= 0.3 is 5.97 Å². The van der Waals surface area contributed by atoms with Gasteiger partial charge in [0.25, 0.3) is 0 Å². The SMILES string of the molecule is CCOC(=O)C(CC)(CC1CC(F)(F)C1)NC(C)=O. The number of carbonyl (C=O) groups excluding carboxylic acids is 2. The molecule has 1 atom stereocenters. The van der Waals surface area contributed by atoms with E-state index < -0.39 is 17.4 Å². The predicted octanol–water partition coefficient (Wildman–Crippen LogP) is 2.27. The van der Waals surface area contributed by atoms with Gasteiger partial charge in [0.2, 0.25) is 11.8 Å². The van der Waals surface area contributed by atoms with Gasteiger partial charge in [-0.15, -0.1) is 0 Å². The van der Waals surface area contributed by atoms with Crippen molar-refractivity contribution >= 4 is 11.9 Å². The first kappa shape index (κ1) is 15.9. The molecule has 1 saturated carbocycles. The van der Waals surface area contributed by atoms with Gasteiger partial charge in [0.05, 0.1) is 6.61 Å². The van der Waals surface area contributed by atoms with Crippen molar-refractivity contribution in [3.8, 4) is 0 Å². The first-order valence-electron chi connectivity index (χ1n) is 6.58. The molecule has 0 bridgehead atoms. The molecule has 0 aromatic rings. The highest BCUT2D eigenvalue weighted by Gasteiger charge is 2.50. The monoisotopic (exact) mass is 277 g/mol. The Balaban J connectivity index is 2.78. The number of esters is 1. The summed E-state index contributed by atoms with van der Waals surface area (Å²) in [6.45, 7) is 4.91. The third-order valence-corrected chi connectivity index (χ3v) is 3.50. The van der Waals surface area contributed by atoms with Gasteiger partial charge in [-0.25, -0.2) is 13.6 Å². The standard InChI is InChI=1S/C13H21F2NO3/c1-4-12(16-9(3)17,11(18)19-5-2)6-10-7-13(14,15)8-10/h10H,4-8H2,1-3H3,(H,16,17). The van der Waals surface area contributed by atoms with Crippen molar-refractivity contribution in [3.05, 3.63) is 0 Å². The fourth-order valence-corrected chi connectivity index (χ4v) is 2.59. The molecule has 19 heavy (non-hydrogen) atoms. The lowest BCUT2D eigenvalue weighted by molar-refractivity contribution is -0.159. The molecule has 1 fully saturated rings. The van der Waals surface area contributed by atoms with E-state index in [-0.39, 0.29) is 37.7 Å². The molecule has 0 spiro atoms. The Kier molecular flexibility index (Phi) is 4.87. The van der Waals surface area contributed by atoms with Crippen LogP contribution in [0.25, 0.3) is 0 Å². The van der Waals surface area contributed by atoms with Crippen molar-refractivity contribution in [1.29, 1.82) is 0 Å². The van der Waals surface area contributed by atoms with Crippen LogP contribution in [-0.4, -0.2) is 29.9 Å². The molecule has 1 rings (SSSR count). The summed E-state index contributed by atoms with van der Waals surface area (Å²) in [6, 6.07) is 0. The van der Waals surface area contributed by atoms with Crippen LogP contribution in [-0.2, 0) is 14.3 Å². The lowest BCUT2D eigenvalue weighted by atomic mass is 9.72. The summed E-state index contributed by atoms with van der Waals surface area (Å²) in [6.07, 6.45) is 0.0759. The number of halogens is 2. The van der Waals surface area contributed by atoms with Crippen LogP contribution in [0.1, 0.15) is 46.5 Å². The molecule has 1 unspecified atom stereocenters. The average molecular weight is 277 g/mol. The van der Waals surface area contributed by atoms with Gasteiger partial charge in [-0.2, -0.15) is 0 Å². The van der Waals surface area contributed by atoms with Gasteiger partial charge < -0.3 is 10.1 Å². The van der Waals surface area contributed by atoms with Gasteiger partial charge in [-0.3, -0.25) is 4.79 Å². The highest BCUT2D eigenvalue weighted by molar-refractivity contribution is 5.87. The number of ether oxygens (including phenoxy) is 1. The second-order valence-corrected chi connectivity index (χ2v) is 5.17. The Morgan fingerprint density at radius 3 is 2.32 bits per heavy atom. The van der Waals surface area contributed by atoms with Crippen LogP contribution in [0.5, 0.6) is 0 Å². The van der Waals surface area contributed by atoms with Gasteiger partial charge in [-0.1, -0.05) is 6.92 Å². The van der Waals surface area contributed by atoms with E-state index >= 15 is 0 Å². The molecule has 0 radical (unpaired) electrons. The average Bonchev–Trinajstić information content (AvgIpc) is 2.25. The number of hydrogen-bond donors (Lipinski definition) is 1. The van der Waals surface area contributed by atoms with Gasteiger partial charge in [0.15, 0.2) is 0 Å². The van der Waals surface area contributed by atoms with E-state index in [0.29, 0.717) is 6.42 Å². The van der Waals surface area contributed by atoms with Crippen molar-refractivity contribution in [3.63, 3.8) is 0 Å². The van der Waals surface area contributed by atoms with E-state index in [1.54, 1.807) is 13.8 Å². The van der Waals surface area contributed by atoms with Crippen molar-refractivity contribution in [2.24, 2.45) is 5.92 Å². The van der Waals surface area contributed by atoms with Crippen LogP contribution in [0.4, 0.5) is 8.78 Å². The Morgan fingerprint density at radius 2 is 1.95 bits per heavy atom. The molecular formula is C13H21F2NO3. The van der Waals surface area contributed by atoms with Gasteiger partial charge in [0, 0.05) is 19.8 Å². The second kappa shape index (κ2) is 5.84. The molecule has 1 aliphatic rings. The van der Waals surface area contributed by atoms with Crippen molar-refractivity contribution in [2.45, 2.75) is 57.9 Å². The molecule has 0 aromatic heterocycles. The first-order chi connectivity index (χ1) is 8.74. The topological polar surface area (TPSA) is 55.4 Å². The predicted molar refractivity (Wildman–Crippen MR) is 65.8 cm³/mol. The third kappa shape index (κ3) is 3.88. The molecule has 4 nitrogen and oxygen atoms in total. The molecule has 1 aliphatic carbocycles. The smallest absolute Gasteiger partial charge is 0.331 e. The van der Waals surface area contributed by atoms with Crippen LogP contribution >= 0.6 is 0 Å². The van der Waals surface area contributed by atoms with Crippen LogP contribution in [0.15, 0.2) is 0 Å². The Bertz CT molecular complexity index is 352. The molecule has 0 aliphatic heterocycles. The van der Waals surface area contributed by atoms with Crippen molar-refractivity contribution in [2.75, 3.05) is 6.61 Å². The van der Waals surface area contributed by atoms with E-state index in [1.165, 1.54) is 6.92 Å². The fourth-order valence-electron chi connectivity index (χ4n) is 2.59. The van der Waals surface area contributed by atoms with Crippen LogP contribution < -0.4 is 5.32 Å². The van der Waals surface area contributed by atoms with Crippen LogP contribution in [0.2, 0.25) is 0 Å². The molecule has 6 heteroatoms. The third-order valence-electron chi connectivity index (χ3n) is 3.50. The minimum Gasteiger partial charge on any atom is -0.464 e. The van der Waals surface area contributed by atoms with Crippen molar-refractivity contribution in [1.82, 2.24) is 5.32 Å². The molecular weight excluding hydrogens is 256 g/mol. The molecule has 0 aromatic carbocycles. The Labute approximate surface area is 111 Å². The lowest BCUT2D eigenvalue weighted by Crippen LogP contribution is -2.57. The maximum Gasteiger partial charge on any atom is 0.331 e. The zero-order chi connectivity index (χ0) is 14.7. The summed E-state index contributed by atoms with van der Waals surface area (Å²) in [5.41, 5.74) is -1.18. The molecule has 110 valence electrons. The minimum absolute atomic E-state index is 0.195. The number of nitrogens with one attached hydrogen (secondary N) is 1. The van der Waals surface area contributed by atoms with Gasteiger partial charge in [0.1, 0.15) is 5.54 Å². The number of rotatable bonds is 6. The molecule has 0 heterocycles. The number of alkyl halides is 2. The quantitative estimate of drug-likeness (QED) is 0.758. The first-order valence-corrected chi connectivity index (χ1v) is 6.58. The van der Waals surface area contributed by atoms with E-state index in [9.17, 15) is 18.4 Å². The number of hydrogen-bond acceptors (Lipinski definition) is 3. The van der Waals surface area contributed by atoms with E-state index in [1.807, 2.05) is 0 Å².